The Morgan fingerprint density at radius 3 is 2.46 bits per heavy atom. The summed E-state index contributed by atoms with van der Waals surface area (Å²) in [6, 6.07) is 9.38. The van der Waals surface area contributed by atoms with Crippen LogP contribution in [0.2, 0.25) is 0 Å². The number of allylic oxidation sites excluding steroid dienone is 4. The number of esters is 2. The van der Waals surface area contributed by atoms with E-state index >= 15 is 0 Å². The van der Waals surface area contributed by atoms with Crippen LogP contribution in [0, 0.1) is 52.3 Å². The van der Waals surface area contributed by atoms with Crippen molar-refractivity contribution >= 4 is 23.5 Å². The minimum Gasteiger partial charge on any atom is -0.461 e. The van der Waals surface area contributed by atoms with E-state index < -0.39 is 35.3 Å². The SMILES string of the molecule is C[C@@H]1CC2[C@@H]3CCC4=CC(=O)C=C[C@]4(C)C3[C@@H](O)C[C@]2(C)[C@H]1C(=O)COC(=O)C1CC1C(=O)OCc1ccccc1. The van der Waals surface area contributed by atoms with Gasteiger partial charge in [-0.05, 0) is 73.0 Å². The predicted molar refractivity (Wildman–Crippen MR) is 150 cm³/mol. The molecule has 4 unspecified atom stereocenters. The molecule has 0 radical (unpaired) electrons. The molecule has 5 aliphatic rings. The van der Waals surface area contributed by atoms with Crippen LogP contribution in [-0.4, -0.2) is 41.3 Å². The van der Waals surface area contributed by atoms with Gasteiger partial charge in [-0.1, -0.05) is 62.8 Å². The molecule has 218 valence electrons. The molecule has 1 aromatic carbocycles. The van der Waals surface area contributed by atoms with Crippen LogP contribution in [0.4, 0.5) is 0 Å². The minimum absolute atomic E-state index is 0.0113. The van der Waals surface area contributed by atoms with E-state index in [0.717, 1.165) is 30.4 Å². The molecule has 5 aliphatic carbocycles. The second kappa shape index (κ2) is 10.3. The molecular formula is C34H40O7. The number of aliphatic hydroxyl groups is 1. The number of benzene rings is 1. The van der Waals surface area contributed by atoms with Crippen LogP contribution < -0.4 is 0 Å². The van der Waals surface area contributed by atoms with E-state index in [1.807, 2.05) is 36.4 Å². The van der Waals surface area contributed by atoms with Crippen molar-refractivity contribution in [3.05, 3.63) is 59.7 Å². The Labute approximate surface area is 241 Å². The molecule has 41 heavy (non-hydrogen) atoms. The normalized spacial score (nSPS) is 40.5. The lowest BCUT2D eigenvalue weighted by Crippen LogP contribution is -2.56. The van der Waals surface area contributed by atoms with E-state index in [0.29, 0.717) is 12.8 Å². The highest BCUT2D eigenvalue weighted by atomic mass is 16.5. The summed E-state index contributed by atoms with van der Waals surface area (Å²) in [6.45, 7) is 6.24. The van der Waals surface area contributed by atoms with Gasteiger partial charge in [0.25, 0.3) is 0 Å². The molecule has 7 nitrogen and oxygen atoms in total. The largest absolute Gasteiger partial charge is 0.461 e. The molecule has 4 fully saturated rings. The molecule has 7 heteroatoms. The van der Waals surface area contributed by atoms with Crippen LogP contribution in [0.5, 0.6) is 0 Å². The molecule has 4 saturated carbocycles. The van der Waals surface area contributed by atoms with Crippen LogP contribution in [0.15, 0.2) is 54.1 Å². The van der Waals surface area contributed by atoms with E-state index in [-0.39, 0.29) is 59.8 Å². The lowest BCUT2D eigenvalue weighted by Gasteiger charge is -2.58. The van der Waals surface area contributed by atoms with Crippen molar-refractivity contribution in [1.82, 2.24) is 0 Å². The molecule has 0 bridgehead atoms. The fourth-order valence-electron chi connectivity index (χ4n) is 9.27. The second-order valence-corrected chi connectivity index (χ2v) is 13.6. The van der Waals surface area contributed by atoms with E-state index in [1.165, 1.54) is 0 Å². The average Bonchev–Trinajstić information content (AvgIpc) is 3.69. The van der Waals surface area contributed by atoms with Gasteiger partial charge in [0.2, 0.25) is 0 Å². The zero-order valence-corrected chi connectivity index (χ0v) is 24.1. The Balaban J connectivity index is 1.07. The smallest absolute Gasteiger partial charge is 0.310 e. The zero-order valence-electron chi connectivity index (χ0n) is 24.1. The molecule has 1 N–H and O–H groups in total. The van der Waals surface area contributed by atoms with E-state index in [2.05, 4.69) is 20.8 Å². The highest BCUT2D eigenvalue weighted by Gasteiger charge is 2.64. The standard InChI is InChI=1S/C34H40O7/c1-19-13-26-23-10-9-21-14-22(35)11-12-33(21,2)30(23)27(36)16-34(26,3)29(19)28(37)18-41-32(39)25-15-24(25)31(38)40-17-20-7-5-4-6-8-20/h4-8,11-12,14,19,23-27,29-30,36H,9-10,13,15-18H2,1-3H3/t19-,23+,24?,25?,26?,27+,29-,30?,33+,34+/m1/s1. The summed E-state index contributed by atoms with van der Waals surface area (Å²) in [5.41, 5.74) is 1.26. The Bertz CT molecular complexity index is 1310. The van der Waals surface area contributed by atoms with Crippen molar-refractivity contribution in [2.45, 2.75) is 65.6 Å². The van der Waals surface area contributed by atoms with Gasteiger partial charge in [0.1, 0.15) is 13.2 Å². The number of carbonyl (C=O) groups excluding carboxylic acids is 4. The van der Waals surface area contributed by atoms with Gasteiger partial charge >= 0.3 is 11.9 Å². The lowest BCUT2D eigenvalue weighted by molar-refractivity contribution is -0.157. The fourth-order valence-corrected chi connectivity index (χ4v) is 9.27. The molecule has 10 atom stereocenters. The fraction of sp³-hybridized carbons (Fsp3) is 0.588. The van der Waals surface area contributed by atoms with Crippen LogP contribution in [0.25, 0.3) is 0 Å². The molecule has 1 aromatic rings. The Hall–Kier alpha value is -3.06. The Morgan fingerprint density at radius 1 is 1.02 bits per heavy atom. The zero-order chi connectivity index (χ0) is 29.1. The second-order valence-electron chi connectivity index (χ2n) is 13.6. The molecule has 0 heterocycles. The molecule has 6 rings (SSSR count). The lowest BCUT2D eigenvalue weighted by atomic mass is 9.46. The topological polar surface area (TPSA) is 107 Å². The molecule has 0 amide bonds. The molecular weight excluding hydrogens is 520 g/mol. The van der Waals surface area contributed by atoms with E-state index in [9.17, 15) is 24.3 Å². The van der Waals surface area contributed by atoms with Gasteiger partial charge in [0.15, 0.2) is 11.6 Å². The first kappa shape index (κ1) is 28.1. The van der Waals surface area contributed by atoms with Crippen molar-refractivity contribution < 1.29 is 33.8 Å². The van der Waals surface area contributed by atoms with Crippen molar-refractivity contribution in [3.8, 4) is 0 Å². The quantitative estimate of drug-likeness (QED) is 0.485. The summed E-state index contributed by atoms with van der Waals surface area (Å²) >= 11 is 0. The third-order valence-corrected chi connectivity index (χ3v) is 11.2. The summed E-state index contributed by atoms with van der Waals surface area (Å²) in [5, 5.41) is 11.6. The van der Waals surface area contributed by atoms with Crippen molar-refractivity contribution in [3.63, 3.8) is 0 Å². The maximum atomic E-state index is 13.6. The van der Waals surface area contributed by atoms with Gasteiger partial charge < -0.3 is 14.6 Å². The van der Waals surface area contributed by atoms with Crippen LogP contribution in [-0.2, 0) is 35.3 Å². The highest BCUT2D eigenvalue weighted by Crippen LogP contribution is 2.67. The van der Waals surface area contributed by atoms with Gasteiger partial charge in [0, 0.05) is 17.3 Å². The summed E-state index contributed by atoms with van der Waals surface area (Å²) in [6.07, 6.45) is 8.30. The Kier molecular flexibility index (Phi) is 7.08. The van der Waals surface area contributed by atoms with E-state index in [1.54, 1.807) is 12.2 Å². The minimum atomic E-state index is -0.593. The van der Waals surface area contributed by atoms with Crippen molar-refractivity contribution in [2.24, 2.45) is 52.3 Å². The number of ether oxygens (including phenoxy) is 2. The van der Waals surface area contributed by atoms with Gasteiger partial charge in [-0.15, -0.1) is 0 Å². The summed E-state index contributed by atoms with van der Waals surface area (Å²) in [5.74, 6) is -1.77. The number of ketones is 2. The first-order valence-electron chi connectivity index (χ1n) is 15.0. The summed E-state index contributed by atoms with van der Waals surface area (Å²) < 4.78 is 10.8. The van der Waals surface area contributed by atoms with Gasteiger partial charge in [-0.3, -0.25) is 19.2 Å². The maximum absolute atomic E-state index is 13.6. The first-order chi connectivity index (χ1) is 19.5. The number of aliphatic hydroxyl groups excluding tert-OH is 1. The summed E-state index contributed by atoms with van der Waals surface area (Å²) in [4.78, 5) is 50.8. The summed E-state index contributed by atoms with van der Waals surface area (Å²) in [7, 11) is 0. The van der Waals surface area contributed by atoms with Crippen molar-refractivity contribution in [2.75, 3.05) is 6.61 Å². The molecule has 0 aliphatic heterocycles. The monoisotopic (exact) mass is 560 g/mol. The number of Topliss-reactive ketones (excluding diaryl/α,β-unsaturated/α-hetero) is 1. The number of fused-ring (bicyclic) bond motifs is 5. The number of rotatable bonds is 7. The number of carbonyl (C=O) groups is 4. The maximum Gasteiger partial charge on any atom is 0.310 e. The Morgan fingerprint density at radius 2 is 1.73 bits per heavy atom. The van der Waals surface area contributed by atoms with Crippen LogP contribution >= 0.6 is 0 Å². The van der Waals surface area contributed by atoms with Crippen LogP contribution in [0.3, 0.4) is 0 Å². The van der Waals surface area contributed by atoms with E-state index in [4.69, 9.17) is 9.47 Å². The van der Waals surface area contributed by atoms with Crippen LogP contribution in [0.1, 0.15) is 58.4 Å². The molecule has 0 aromatic heterocycles. The highest BCUT2D eigenvalue weighted by molar-refractivity contribution is 6.01. The third-order valence-electron chi connectivity index (χ3n) is 11.2. The third kappa shape index (κ3) is 4.80. The molecule has 0 saturated heterocycles. The first-order valence-corrected chi connectivity index (χ1v) is 15.0. The van der Waals surface area contributed by atoms with Crippen molar-refractivity contribution in [1.29, 1.82) is 0 Å². The molecule has 0 spiro atoms. The number of hydrogen-bond donors (Lipinski definition) is 1. The van der Waals surface area contributed by atoms with Gasteiger partial charge in [0.05, 0.1) is 17.9 Å². The predicted octanol–water partition coefficient (Wildman–Crippen LogP) is 4.62. The average molecular weight is 561 g/mol. The van der Waals surface area contributed by atoms with Gasteiger partial charge in [-0.2, -0.15) is 0 Å². The number of hydrogen-bond acceptors (Lipinski definition) is 7. The van der Waals surface area contributed by atoms with Gasteiger partial charge in [-0.25, -0.2) is 0 Å².